The SMILES string of the molecule is Cc1cnc(N)nc1N(CC(C)C)C1CC1. The quantitative estimate of drug-likeness (QED) is 0.843. The van der Waals surface area contributed by atoms with Gasteiger partial charge in [0.25, 0.3) is 0 Å². The van der Waals surface area contributed by atoms with E-state index in [4.69, 9.17) is 5.73 Å². The first-order valence-corrected chi connectivity index (χ1v) is 5.93. The van der Waals surface area contributed by atoms with Gasteiger partial charge < -0.3 is 10.6 Å². The summed E-state index contributed by atoms with van der Waals surface area (Å²) in [4.78, 5) is 10.8. The van der Waals surface area contributed by atoms with Gasteiger partial charge in [0, 0.05) is 24.3 Å². The lowest BCUT2D eigenvalue weighted by Crippen LogP contribution is -2.31. The summed E-state index contributed by atoms with van der Waals surface area (Å²) in [5, 5.41) is 0. The summed E-state index contributed by atoms with van der Waals surface area (Å²) in [6.07, 6.45) is 4.36. The highest BCUT2D eigenvalue weighted by Gasteiger charge is 2.31. The van der Waals surface area contributed by atoms with E-state index in [1.54, 1.807) is 0 Å². The molecule has 0 amide bonds. The zero-order valence-corrected chi connectivity index (χ0v) is 10.3. The summed E-state index contributed by atoms with van der Waals surface area (Å²) < 4.78 is 0. The molecule has 0 spiro atoms. The number of hydrogen-bond donors (Lipinski definition) is 1. The zero-order chi connectivity index (χ0) is 11.7. The first-order valence-electron chi connectivity index (χ1n) is 5.93. The predicted molar refractivity (Wildman–Crippen MR) is 66.4 cm³/mol. The smallest absolute Gasteiger partial charge is 0.221 e. The van der Waals surface area contributed by atoms with E-state index in [0.717, 1.165) is 17.9 Å². The van der Waals surface area contributed by atoms with Crippen molar-refractivity contribution in [2.75, 3.05) is 17.2 Å². The van der Waals surface area contributed by atoms with Crippen LogP contribution in [0.25, 0.3) is 0 Å². The Hall–Kier alpha value is -1.32. The minimum atomic E-state index is 0.370. The van der Waals surface area contributed by atoms with Crippen LogP contribution >= 0.6 is 0 Å². The Labute approximate surface area is 96.9 Å². The second-order valence-electron chi connectivity index (χ2n) is 5.01. The minimum absolute atomic E-state index is 0.370. The van der Waals surface area contributed by atoms with E-state index in [9.17, 15) is 0 Å². The molecule has 0 aliphatic heterocycles. The number of nitrogens with two attached hydrogens (primary N) is 1. The summed E-state index contributed by atoms with van der Waals surface area (Å²) in [7, 11) is 0. The van der Waals surface area contributed by atoms with Crippen LogP contribution in [-0.4, -0.2) is 22.6 Å². The number of rotatable bonds is 4. The Kier molecular flexibility index (Phi) is 2.99. The van der Waals surface area contributed by atoms with Crippen LogP contribution in [0.2, 0.25) is 0 Å². The van der Waals surface area contributed by atoms with Gasteiger partial charge in [-0.05, 0) is 25.7 Å². The highest BCUT2D eigenvalue weighted by Crippen LogP contribution is 2.32. The van der Waals surface area contributed by atoms with Gasteiger partial charge in [-0.3, -0.25) is 0 Å². The normalized spacial score (nSPS) is 15.5. The third kappa shape index (κ3) is 2.43. The van der Waals surface area contributed by atoms with Crippen molar-refractivity contribution in [3.8, 4) is 0 Å². The van der Waals surface area contributed by atoms with Crippen LogP contribution in [0.15, 0.2) is 6.20 Å². The second-order valence-corrected chi connectivity index (χ2v) is 5.01. The molecule has 1 aromatic heterocycles. The largest absolute Gasteiger partial charge is 0.368 e. The first-order chi connectivity index (χ1) is 7.58. The average molecular weight is 220 g/mol. The molecule has 4 nitrogen and oxygen atoms in total. The van der Waals surface area contributed by atoms with Gasteiger partial charge in [0.2, 0.25) is 5.95 Å². The van der Waals surface area contributed by atoms with Gasteiger partial charge >= 0.3 is 0 Å². The van der Waals surface area contributed by atoms with Gasteiger partial charge in [0.15, 0.2) is 0 Å². The molecule has 1 heterocycles. The van der Waals surface area contributed by atoms with Gasteiger partial charge in [-0.15, -0.1) is 0 Å². The van der Waals surface area contributed by atoms with Crippen molar-refractivity contribution in [1.29, 1.82) is 0 Å². The van der Waals surface area contributed by atoms with Crippen molar-refractivity contribution >= 4 is 11.8 Å². The zero-order valence-electron chi connectivity index (χ0n) is 10.3. The number of nitrogen functional groups attached to an aromatic ring is 1. The molecule has 1 aliphatic carbocycles. The van der Waals surface area contributed by atoms with E-state index < -0.39 is 0 Å². The van der Waals surface area contributed by atoms with Crippen LogP contribution in [0.4, 0.5) is 11.8 Å². The highest BCUT2D eigenvalue weighted by atomic mass is 15.3. The van der Waals surface area contributed by atoms with Gasteiger partial charge in [0.05, 0.1) is 0 Å². The predicted octanol–water partition coefficient (Wildman–Crippen LogP) is 1.99. The molecule has 1 aliphatic rings. The monoisotopic (exact) mass is 220 g/mol. The maximum absolute atomic E-state index is 5.67. The molecule has 0 saturated heterocycles. The molecular formula is C12H20N4. The van der Waals surface area contributed by atoms with Gasteiger partial charge in [-0.1, -0.05) is 13.8 Å². The van der Waals surface area contributed by atoms with Crippen molar-refractivity contribution in [3.63, 3.8) is 0 Å². The van der Waals surface area contributed by atoms with Crippen molar-refractivity contribution in [1.82, 2.24) is 9.97 Å². The van der Waals surface area contributed by atoms with E-state index in [-0.39, 0.29) is 0 Å². The lowest BCUT2D eigenvalue weighted by atomic mass is 10.2. The molecule has 0 radical (unpaired) electrons. The average Bonchev–Trinajstić information content (AvgIpc) is 3.02. The summed E-state index contributed by atoms with van der Waals surface area (Å²) in [6.45, 7) is 7.55. The lowest BCUT2D eigenvalue weighted by Gasteiger charge is -2.26. The number of nitrogens with zero attached hydrogens (tertiary/aromatic N) is 3. The van der Waals surface area contributed by atoms with Crippen molar-refractivity contribution in [3.05, 3.63) is 11.8 Å². The molecule has 4 heteroatoms. The third-order valence-electron chi connectivity index (χ3n) is 2.79. The molecule has 0 aromatic carbocycles. The minimum Gasteiger partial charge on any atom is -0.368 e. The van der Waals surface area contributed by atoms with Crippen LogP contribution < -0.4 is 10.6 Å². The molecular weight excluding hydrogens is 200 g/mol. The van der Waals surface area contributed by atoms with Crippen LogP contribution in [-0.2, 0) is 0 Å². The molecule has 88 valence electrons. The van der Waals surface area contributed by atoms with Crippen molar-refractivity contribution in [2.24, 2.45) is 5.92 Å². The Morgan fingerprint density at radius 2 is 2.19 bits per heavy atom. The van der Waals surface area contributed by atoms with Gasteiger partial charge in [-0.25, -0.2) is 4.98 Å². The molecule has 2 rings (SSSR count). The molecule has 16 heavy (non-hydrogen) atoms. The van der Waals surface area contributed by atoms with E-state index in [0.29, 0.717) is 17.9 Å². The van der Waals surface area contributed by atoms with E-state index in [1.165, 1.54) is 12.8 Å². The van der Waals surface area contributed by atoms with Crippen LogP contribution in [0.1, 0.15) is 32.3 Å². The van der Waals surface area contributed by atoms with Crippen LogP contribution in [0.5, 0.6) is 0 Å². The van der Waals surface area contributed by atoms with Crippen molar-refractivity contribution in [2.45, 2.75) is 39.7 Å². The summed E-state index contributed by atoms with van der Waals surface area (Å²) in [5.41, 5.74) is 6.78. The molecule has 2 N–H and O–H groups in total. The molecule has 1 aromatic rings. The Morgan fingerprint density at radius 1 is 1.50 bits per heavy atom. The summed E-state index contributed by atoms with van der Waals surface area (Å²) in [5.74, 6) is 2.02. The van der Waals surface area contributed by atoms with Crippen LogP contribution in [0.3, 0.4) is 0 Å². The molecule has 0 unspecified atom stereocenters. The van der Waals surface area contributed by atoms with Gasteiger partial charge in [-0.2, -0.15) is 4.98 Å². The maximum Gasteiger partial charge on any atom is 0.221 e. The number of aryl methyl sites for hydroxylation is 1. The number of aromatic nitrogens is 2. The van der Waals surface area contributed by atoms with Crippen LogP contribution in [0, 0.1) is 12.8 Å². The Morgan fingerprint density at radius 3 is 2.75 bits per heavy atom. The summed E-state index contributed by atoms with van der Waals surface area (Å²) >= 11 is 0. The summed E-state index contributed by atoms with van der Waals surface area (Å²) in [6, 6.07) is 0.662. The molecule has 1 fully saturated rings. The molecule has 0 bridgehead atoms. The Bertz CT molecular complexity index is 371. The fourth-order valence-corrected chi connectivity index (χ4v) is 1.93. The Balaban J connectivity index is 2.26. The van der Waals surface area contributed by atoms with E-state index in [2.05, 4.69) is 28.7 Å². The van der Waals surface area contributed by atoms with Gasteiger partial charge in [0.1, 0.15) is 5.82 Å². The highest BCUT2D eigenvalue weighted by molar-refractivity contribution is 5.50. The van der Waals surface area contributed by atoms with E-state index >= 15 is 0 Å². The van der Waals surface area contributed by atoms with Crippen molar-refractivity contribution < 1.29 is 0 Å². The molecule has 0 atom stereocenters. The topological polar surface area (TPSA) is 55.0 Å². The third-order valence-corrected chi connectivity index (χ3v) is 2.79. The van der Waals surface area contributed by atoms with E-state index in [1.807, 2.05) is 13.1 Å². The first kappa shape index (κ1) is 11.2. The fourth-order valence-electron chi connectivity index (χ4n) is 1.93. The number of hydrogen-bond acceptors (Lipinski definition) is 4. The maximum atomic E-state index is 5.67. The second kappa shape index (κ2) is 4.28. The fraction of sp³-hybridized carbons (Fsp3) is 0.667. The standard InChI is InChI=1S/C12H20N4/c1-8(2)7-16(10-4-5-10)11-9(3)6-14-12(13)15-11/h6,8,10H,4-5,7H2,1-3H3,(H2,13,14,15). The number of anilines is 2. The molecule has 1 saturated carbocycles. The lowest BCUT2D eigenvalue weighted by molar-refractivity contribution is 0.601.